The van der Waals surface area contributed by atoms with Gasteiger partial charge in [-0.15, -0.1) is 0 Å². The Morgan fingerprint density at radius 3 is 2.83 bits per heavy atom. The van der Waals surface area contributed by atoms with Gasteiger partial charge in [0.05, 0.1) is 19.8 Å². The van der Waals surface area contributed by atoms with E-state index in [0.717, 1.165) is 30.9 Å². The second-order valence-corrected chi connectivity index (χ2v) is 7.98. The lowest BCUT2D eigenvalue weighted by atomic mass is 9.76. The SMILES string of the molecule is CCCOc1ccc2c(c1)C1C=CCC1C(c1c(OC)ccc3ccccc13)N2. The number of ether oxygens (including phenoxy) is 2. The molecule has 3 aromatic rings. The third kappa shape index (κ3) is 3.05. The zero-order chi connectivity index (χ0) is 19.8. The Kier molecular flexibility index (Phi) is 4.67. The second kappa shape index (κ2) is 7.47. The summed E-state index contributed by atoms with van der Waals surface area (Å²) >= 11 is 0. The van der Waals surface area contributed by atoms with E-state index < -0.39 is 0 Å². The van der Waals surface area contributed by atoms with Crippen LogP contribution in [0.4, 0.5) is 5.69 Å². The predicted molar refractivity (Wildman–Crippen MR) is 119 cm³/mol. The molecule has 1 N–H and O–H groups in total. The van der Waals surface area contributed by atoms with Crippen molar-refractivity contribution in [1.82, 2.24) is 0 Å². The van der Waals surface area contributed by atoms with Crippen LogP contribution in [0.1, 0.15) is 42.9 Å². The van der Waals surface area contributed by atoms with Crippen LogP contribution in [-0.4, -0.2) is 13.7 Å². The van der Waals surface area contributed by atoms with Crippen molar-refractivity contribution in [1.29, 1.82) is 0 Å². The molecular weight excluding hydrogens is 358 g/mol. The molecule has 3 aromatic carbocycles. The molecule has 5 rings (SSSR count). The van der Waals surface area contributed by atoms with E-state index in [9.17, 15) is 0 Å². The molecule has 3 heteroatoms. The number of hydrogen-bond donors (Lipinski definition) is 1. The summed E-state index contributed by atoms with van der Waals surface area (Å²) in [6, 6.07) is 19.5. The number of fused-ring (bicyclic) bond motifs is 4. The first kappa shape index (κ1) is 18.1. The molecule has 3 atom stereocenters. The fourth-order valence-corrected chi connectivity index (χ4v) is 4.94. The number of methoxy groups -OCH3 is 1. The highest BCUT2D eigenvalue weighted by molar-refractivity contribution is 5.89. The third-order valence-electron chi connectivity index (χ3n) is 6.27. The van der Waals surface area contributed by atoms with E-state index in [2.05, 4.69) is 79.0 Å². The Labute approximate surface area is 172 Å². The maximum atomic E-state index is 5.90. The molecule has 0 saturated carbocycles. The second-order valence-electron chi connectivity index (χ2n) is 7.98. The van der Waals surface area contributed by atoms with E-state index in [4.69, 9.17) is 9.47 Å². The molecule has 1 heterocycles. The molecule has 0 saturated heterocycles. The van der Waals surface area contributed by atoms with E-state index >= 15 is 0 Å². The van der Waals surface area contributed by atoms with Crippen LogP contribution in [0.5, 0.6) is 11.5 Å². The Balaban J connectivity index is 1.61. The molecule has 0 bridgehead atoms. The van der Waals surface area contributed by atoms with Crippen molar-refractivity contribution in [2.24, 2.45) is 5.92 Å². The maximum Gasteiger partial charge on any atom is 0.124 e. The van der Waals surface area contributed by atoms with Gasteiger partial charge in [-0.1, -0.05) is 49.4 Å². The normalized spacial score (nSPS) is 22.1. The summed E-state index contributed by atoms with van der Waals surface area (Å²) in [5.74, 6) is 2.78. The molecule has 3 unspecified atom stereocenters. The van der Waals surface area contributed by atoms with E-state index in [1.807, 2.05) is 0 Å². The van der Waals surface area contributed by atoms with Gasteiger partial charge in [0, 0.05) is 17.2 Å². The van der Waals surface area contributed by atoms with Crippen molar-refractivity contribution in [2.75, 3.05) is 19.0 Å². The van der Waals surface area contributed by atoms with Crippen LogP contribution in [0.25, 0.3) is 10.8 Å². The Morgan fingerprint density at radius 1 is 1.07 bits per heavy atom. The van der Waals surface area contributed by atoms with Gasteiger partial charge >= 0.3 is 0 Å². The minimum absolute atomic E-state index is 0.200. The fraction of sp³-hybridized carbons (Fsp3) is 0.308. The summed E-state index contributed by atoms with van der Waals surface area (Å²) in [5.41, 5.74) is 3.80. The van der Waals surface area contributed by atoms with E-state index in [1.54, 1.807) is 7.11 Å². The van der Waals surface area contributed by atoms with Crippen LogP contribution < -0.4 is 14.8 Å². The van der Waals surface area contributed by atoms with Crippen LogP contribution in [-0.2, 0) is 0 Å². The van der Waals surface area contributed by atoms with Gasteiger partial charge in [0.1, 0.15) is 11.5 Å². The van der Waals surface area contributed by atoms with Crippen molar-refractivity contribution < 1.29 is 9.47 Å². The Morgan fingerprint density at radius 2 is 1.97 bits per heavy atom. The first-order chi connectivity index (χ1) is 14.3. The lowest BCUT2D eigenvalue weighted by molar-refractivity contribution is 0.316. The van der Waals surface area contributed by atoms with Gasteiger partial charge in [-0.25, -0.2) is 0 Å². The third-order valence-corrected chi connectivity index (χ3v) is 6.27. The highest BCUT2D eigenvalue weighted by Gasteiger charge is 2.39. The molecule has 2 aliphatic rings. The first-order valence-corrected chi connectivity index (χ1v) is 10.6. The number of benzene rings is 3. The van der Waals surface area contributed by atoms with Crippen LogP contribution in [0.3, 0.4) is 0 Å². The van der Waals surface area contributed by atoms with Crippen LogP contribution in [0, 0.1) is 5.92 Å². The largest absolute Gasteiger partial charge is 0.496 e. The highest BCUT2D eigenvalue weighted by atomic mass is 16.5. The molecule has 1 aliphatic heterocycles. The summed E-state index contributed by atoms with van der Waals surface area (Å²) in [6.45, 7) is 2.89. The molecule has 1 aliphatic carbocycles. The molecule has 3 nitrogen and oxygen atoms in total. The van der Waals surface area contributed by atoms with E-state index in [-0.39, 0.29) is 6.04 Å². The van der Waals surface area contributed by atoms with Gasteiger partial charge in [-0.2, -0.15) is 0 Å². The lowest BCUT2D eigenvalue weighted by Gasteiger charge is -2.38. The van der Waals surface area contributed by atoms with Crippen molar-refractivity contribution in [3.63, 3.8) is 0 Å². The van der Waals surface area contributed by atoms with Gasteiger partial charge in [0.25, 0.3) is 0 Å². The molecule has 0 aromatic heterocycles. The van der Waals surface area contributed by atoms with Crippen LogP contribution >= 0.6 is 0 Å². The van der Waals surface area contributed by atoms with Gasteiger partial charge < -0.3 is 14.8 Å². The average molecular weight is 386 g/mol. The molecular formula is C26H27NO2. The van der Waals surface area contributed by atoms with E-state index in [0.29, 0.717) is 11.8 Å². The Hall–Kier alpha value is -2.94. The minimum atomic E-state index is 0.200. The standard InChI is InChI=1S/C26H27NO2/c1-3-15-29-18-12-13-23-22(16-18)20-9-6-10-21(20)26(27-23)25-19-8-5-4-7-17(19)11-14-24(25)28-2/h4-9,11-14,16,20-21,26-27H,3,10,15H2,1-2H3. The molecule has 0 radical (unpaired) electrons. The first-order valence-electron chi connectivity index (χ1n) is 10.6. The molecule has 0 amide bonds. The molecule has 0 spiro atoms. The molecule has 148 valence electrons. The summed E-state index contributed by atoms with van der Waals surface area (Å²) in [5, 5.41) is 6.38. The van der Waals surface area contributed by atoms with Crippen molar-refractivity contribution in [3.8, 4) is 11.5 Å². The zero-order valence-corrected chi connectivity index (χ0v) is 17.0. The lowest BCUT2D eigenvalue weighted by Crippen LogP contribution is -2.29. The predicted octanol–water partition coefficient (Wildman–Crippen LogP) is 6.46. The maximum absolute atomic E-state index is 5.90. The van der Waals surface area contributed by atoms with Crippen molar-refractivity contribution >= 4 is 16.5 Å². The number of anilines is 1. The Bertz CT molecular complexity index is 1070. The van der Waals surface area contributed by atoms with Crippen molar-refractivity contribution in [2.45, 2.75) is 31.7 Å². The quantitative estimate of drug-likeness (QED) is 0.511. The minimum Gasteiger partial charge on any atom is -0.496 e. The zero-order valence-electron chi connectivity index (χ0n) is 17.0. The van der Waals surface area contributed by atoms with Gasteiger partial charge in [0.2, 0.25) is 0 Å². The van der Waals surface area contributed by atoms with Gasteiger partial charge in [0.15, 0.2) is 0 Å². The van der Waals surface area contributed by atoms with Crippen LogP contribution in [0.2, 0.25) is 0 Å². The topological polar surface area (TPSA) is 30.5 Å². The van der Waals surface area contributed by atoms with Gasteiger partial charge in [-0.05, 0) is 59.4 Å². The molecule has 29 heavy (non-hydrogen) atoms. The number of hydrogen-bond acceptors (Lipinski definition) is 3. The van der Waals surface area contributed by atoms with Crippen LogP contribution in [0.15, 0.2) is 66.7 Å². The number of allylic oxidation sites excluding steroid dienone is 2. The average Bonchev–Trinajstić information content (AvgIpc) is 3.27. The monoisotopic (exact) mass is 385 g/mol. The highest BCUT2D eigenvalue weighted by Crippen LogP contribution is 2.52. The number of rotatable bonds is 5. The van der Waals surface area contributed by atoms with E-state index in [1.165, 1.54) is 27.6 Å². The number of nitrogens with one attached hydrogen (secondary N) is 1. The van der Waals surface area contributed by atoms with Crippen molar-refractivity contribution in [3.05, 3.63) is 77.9 Å². The fourth-order valence-electron chi connectivity index (χ4n) is 4.94. The smallest absolute Gasteiger partial charge is 0.124 e. The molecule has 0 fully saturated rings. The summed E-state index contributed by atoms with van der Waals surface area (Å²) in [7, 11) is 1.77. The van der Waals surface area contributed by atoms with Gasteiger partial charge in [-0.3, -0.25) is 0 Å². The summed E-state index contributed by atoms with van der Waals surface area (Å²) < 4.78 is 11.7. The summed E-state index contributed by atoms with van der Waals surface area (Å²) in [6.07, 6.45) is 6.78. The summed E-state index contributed by atoms with van der Waals surface area (Å²) in [4.78, 5) is 0.